The molecule has 2 aromatic rings. The Morgan fingerprint density at radius 2 is 2.11 bits per heavy atom. The Hall–Kier alpha value is -1.68. The number of oxazole rings is 1. The van der Waals surface area contributed by atoms with Crippen LogP contribution in [0.3, 0.4) is 0 Å². The molecule has 0 atom stereocenters. The van der Waals surface area contributed by atoms with E-state index in [2.05, 4.69) is 10.3 Å². The van der Waals surface area contributed by atoms with Crippen molar-refractivity contribution in [3.8, 4) is 0 Å². The Morgan fingerprint density at radius 3 is 2.72 bits per heavy atom. The van der Waals surface area contributed by atoms with E-state index in [0.29, 0.717) is 11.5 Å². The van der Waals surface area contributed by atoms with Gasteiger partial charge in [-0.2, -0.15) is 0 Å². The number of carbonyl (C=O) groups excluding carboxylic acids is 1. The van der Waals surface area contributed by atoms with Gasteiger partial charge in [-0.25, -0.2) is 4.98 Å². The third kappa shape index (κ3) is 3.40. The third-order valence-corrected chi connectivity index (χ3v) is 2.43. The first-order chi connectivity index (χ1) is 8.70. The standard InChI is InChI=1S/C12H14N2O2.C2H6/c1-8(15)9-3-4-11-10(7-9)14-12(16-11)5-6-13-2;1-2/h3-4,7,13H,5-6H2,1-2H3;1-2H3. The van der Waals surface area contributed by atoms with Crippen molar-refractivity contribution in [3.63, 3.8) is 0 Å². The summed E-state index contributed by atoms with van der Waals surface area (Å²) in [5.41, 5.74) is 2.15. The van der Waals surface area contributed by atoms with Gasteiger partial charge in [-0.1, -0.05) is 13.8 Å². The number of hydrogen-bond acceptors (Lipinski definition) is 4. The second kappa shape index (κ2) is 6.91. The van der Waals surface area contributed by atoms with Gasteiger partial charge in [0.2, 0.25) is 0 Å². The lowest BCUT2D eigenvalue weighted by Gasteiger charge is -1.92. The molecule has 1 N–H and O–H groups in total. The molecule has 98 valence electrons. The SMILES string of the molecule is CC.CNCCc1nc2cc(C(C)=O)ccc2o1. The Balaban J connectivity index is 0.000000771. The maximum absolute atomic E-state index is 11.2. The number of likely N-dealkylation sites (N-methyl/N-ethyl adjacent to an activating group) is 1. The van der Waals surface area contributed by atoms with E-state index in [9.17, 15) is 4.79 Å². The lowest BCUT2D eigenvalue weighted by molar-refractivity contribution is 0.101. The molecule has 0 saturated carbocycles. The molecule has 0 amide bonds. The van der Waals surface area contributed by atoms with Crippen LogP contribution in [-0.4, -0.2) is 24.4 Å². The van der Waals surface area contributed by atoms with Gasteiger partial charge >= 0.3 is 0 Å². The van der Waals surface area contributed by atoms with Crippen LogP contribution in [0.25, 0.3) is 11.1 Å². The summed E-state index contributed by atoms with van der Waals surface area (Å²) in [6.45, 7) is 6.37. The van der Waals surface area contributed by atoms with Gasteiger partial charge in [0, 0.05) is 18.5 Å². The van der Waals surface area contributed by atoms with Crippen molar-refractivity contribution in [3.05, 3.63) is 29.7 Å². The predicted molar refractivity (Wildman–Crippen MR) is 73.0 cm³/mol. The lowest BCUT2D eigenvalue weighted by atomic mass is 10.1. The zero-order valence-corrected chi connectivity index (χ0v) is 11.4. The fraction of sp³-hybridized carbons (Fsp3) is 0.429. The van der Waals surface area contributed by atoms with Crippen molar-refractivity contribution in [2.45, 2.75) is 27.2 Å². The minimum absolute atomic E-state index is 0.0432. The van der Waals surface area contributed by atoms with E-state index < -0.39 is 0 Å². The molecule has 4 nitrogen and oxygen atoms in total. The number of aromatic nitrogens is 1. The lowest BCUT2D eigenvalue weighted by Crippen LogP contribution is -2.10. The van der Waals surface area contributed by atoms with Crippen LogP contribution in [-0.2, 0) is 6.42 Å². The highest BCUT2D eigenvalue weighted by Crippen LogP contribution is 2.17. The molecule has 1 heterocycles. The fourth-order valence-corrected chi connectivity index (χ4v) is 1.53. The molecule has 0 bridgehead atoms. The summed E-state index contributed by atoms with van der Waals surface area (Å²) in [6, 6.07) is 5.32. The van der Waals surface area contributed by atoms with Crippen LogP contribution >= 0.6 is 0 Å². The maximum atomic E-state index is 11.2. The fourth-order valence-electron chi connectivity index (χ4n) is 1.53. The summed E-state index contributed by atoms with van der Waals surface area (Å²) >= 11 is 0. The molecule has 1 aromatic carbocycles. The molecule has 0 unspecified atom stereocenters. The van der Waals surface area contributed by atoms with E-state index in [-0.39, 0.29) is 5.78 Å². The number of benzene rings is 1. The first kappa shape index (κ1) is 14.4. The van der Waals surface area contributed by atoms with Gasteiger partial charge in [-0.15, -0.1) is 0 Å². The van der Waals surface area contributed by atoms with Gasteiger partial charge in [0.05, 0.1) is 0 Å². The van der Waals surface area contributed by atoms with Crippen LogP contribution in [0.5, 0.6) is 0 Å². The summed E-state index contributed by atoms with van der Waals surface area (Å²) in [5.74, 6) is 0.742. The van der Waals surface area contributed by atoms with Gasteiger partial charge < -0.3 is 9.73 Å². The van der Waals surface area contributed by atoms with E-state index in [1.807, 2.05) is 20.9 Å². The first-order valence-electron chi connectivity index (χ1n) is 6.25. The second-order valence-corrected chi connectivity index (χ2v) is 3.70. The molecular weight excluding hydrogens is 228 g/mol. The predicted octanol–water partition coefficient (Wildman–Crippen LogP) is 2.82. The zero-order valence-electron chi connectivity index (χ0n) is 11.4. The molecule has 18 heavy (non-hydrogen) atoms. The zero-order chi connectivity index (χ0) is 13.5. The number of carbonyl (C=O) groups is 1. The molecule has 0 saturated heterocycles. The van der Waals surface area contributed by atoms with Crippen LogP contribution in [0.15, 0.2) is 22.6 Å². The highest BCUT2D eigenvalue weighted by atomic mass is 16.3. The maximum Gasteiger partial charge on any atom is 0.196 e. The highest BCUT2D eigenvalue weighted by molar-refractivity contribution is 5.96. The molecule has 0 aliphatic carbocycles. The van der Waals surface area contributed by atoms with Crippen molar-refractivity contribution >= 4 is 16.9 Å². The summed E-state index contributed by atoms with van der Waals surface area (Å²) in [5, 5.41) is 3.04. The molecule has 0 aliphatic rings. The minimum atomic E-state index is 0.0432. The smallest absolute Gasteiger partial charge is 0.196 e. The molecule has 2 rings (SSSR count). The monoisotopic (exact) mass is 248 g/mol. The molecule has 4 heteroatoms. The van der Waals surface area contributed by atoms with Crippen LogP contribution in [0.1, 0.15) is 37.0 Å². The summed E-state index contributed by atoms with van der Waals surface area (Å²) in [6.07, 6.45) is 0.751. The van der Waals surface area contributed by atoms with E-state index in [1.165, 1.54) is 0 Å². The van der Waals surface area contributed by atoms with E-state index >= 15 is 0 Å². The summed E-state index contributed by atoms with van der Waals surface area (Å²) in [7, 11) is 1.89. The largest absolute Gasteiger partial charge is 0.441 e. The number of hydrogen-bond donors (Lipinski definition) is 1. The van der Waals surface area contributed by atoms with Crippen LogP contribution in [0.4, 0.5) is 0 Å². The van der Waals surface area contributed by atoms with Gasteiger partial charge in [-0.3, -0.25) is 4.79 Å². The molecule has 1 aromatic heterocycles. The van der Waals surface area contributed by atoms with Gasteiger partial charge in [0.25, 0.3) is 0 Å². The normalized spacial score (nSPS) is 10.0. The van der Waals surface area contributed by atoms with Crippen molar-refractivity contribution in [2.75, 3.05) is 13.6 Å². The van der Waals surface area contributed by atoms with Gasteiger partial charge in [0.15, 0.2) is 17.3 Å². The quantitative estimate of drug-likeness (QED) is 0.845. The number of rotatable bonds is 4. The number of Topliss-reactive ketones (excluding diaryl/α,β-unsaturated/α-hetero) is 1. The van der Waals surface area contributed by atoms with Crippen LogP contribution in [0, 0.1) is 0 Å². The molecule has 0 radical (unpaired) electrons. The second-order valence-electron chi connectivity index (χ2n) is 3.70. The molecular formula is C14H20N2O2. The Kier molecular flexibility index (Phi) is 5.52. The Bertz CT molecular complexity index is 517. The van der Waals surface area contributed by atoms with Gasteiger partial charge in [0.1, 0.15) is 5.52 Å². The van der Waals surface area contributed by atoms with Crippen LogP contribution < -0.4 is 5.32 Å². The molecule has 0 aliphatic heterocycles. The Morgan fingerprint density at radius 1 is 1.39 bits per heavy atom. The van der Waals surface area contributed by atoms with E-state index in [1.54, 1.807) is 25.1 Å². The average molecular weight is 248 g/mol. The Labute approximate surface area is 107 Å². The summed E-state index contributed by atoms with van der Waals surface area (Å²) in [4.78, 5) is 15.5. The van der Waals surface area contributed by atoms with Crippen molar-refractivity contribution in [2.24, 2.45) is 0 Å². The summed E-state index contributed by atoms with van der Waals surface area (Å²) < 4.78 is 5.54. The van der Waals surface area contributed by atoms with Crippen molar-refractivity contribution in [1.29, 1.82) is 0 Å². The molecule has 0 spiro atoms. The third-order valence-electron chi connectivity index (χ3n) is 2.43. The number of nitrogens with one attached hydrogen (secondary N) is 1. The number of fused-ring (bicyclic) bond motifs is 1. The minimum Gasteiger partial charge on any atom is -0.441 e. The van der Waals surface area contributed by atoms with Crippen molar-refractivity contribution in [1.82, 2.24) is 10.3 Å². The van der Waals surface area contributed by atoms with Crippen LogP contribution in [0.2, 0.25) is 0 Å². The van der Waals surface area contributed by atoms with E-state index in [0.717, 1.165) is 24.1 Å². The topological polar surface area (TPSA) is 55.1 Å². The number of nitrogens with zero attached hydrogens (tertiary/aromatic N) is 1. The van der Waals surface area contributed by atoms with Crippen molar-refractivity contribution < 1.29 is 9.21 Å². The first-order valence-corrected chi connectivity index (χ1v) is 6.25. The van der Waals surface area contributed by atoms with Gasteiger partial charge in [-0.05, 0) is 32.2 Å². The molecule has 0 fully saturated rings. The average Bonchev–Trinajstić information content (AvgIpc) is 2.80. The highest BCUT2D eigenvalue weighted by Gasteiger charge is 2.07. The number of ketones is 1. The van der Waals surface area contributed by atoms with E-state index in [4.69, 9.17) is 4.42 Å².